The number of morpholine rings is 1. The fraction of sp³-hybridized carbons (Fsp3) is 0.818. The zero-order chi connectivity index (χ0) is 12.8. The molecule has 7 heteroatoms. The van der Waals surface area contributed by atoms with Gasteiger partial charge < -0.3 is 20.3 Å². The van der Waals surface area contributed by atoms with Gasteiger partial charge in [0.2, 0.25) is 5.91 Å². The average molecular weight is 280 g/mol. The highest BCUT2D eigenvalue weighted by molar-refractivity contribution is 5.85. The molecular weight excluding hydrogens is 258 g/mol. The Morgan fingerprint density at radius 1 is 1.56 bits per heavy atom. The Hall–Kier alpha value is -0.850. The summed E-state index contributed by atoms with van der Waals surface area (Å²) in [7, 11) is 3.29. The van der Waals surface area contributed by atoms with Crippen molar-refractivity contribution in [2.75, 3.05) is 40.3 Å². The Morgan fingerprint density at radius 2 is 2.22 bits per heavy atom. The van der Waals surface area contributed by atoms with Gasteiger partial charge in [-0.3, -0.25) is 9.59 Å². The van der Waals surface area contributed by atoms with Crippen molar-refractivity contribution in [1.29, 1.82) is 0 Å². The van der Waals surface area contributed by atoms with Crippen molar-refractivity contribution < 1.29 is 14.3 Å². The highest BCUT2D eigenvalue weighted by atomic mass is 35.5. The van der Waals surface area contributed by atoms with Gasteiger partial charge in [0, 0.05) is 33.7 Å². The van der Waals surface area contributed by atoms with Gasteiger partial charge in [0.05, 0.1) is 12.5 Å². The molecule has 6 nitrogen and oxygen atoms in total. The van der Waals surface area contributed by atoms with E-state index in [0.29, 0.717) is 19.7 Å². The molecule has 1 rings (SSSR count). The number of carbonyl (C=O) groups is 2. The van der Waals surface area contributed by atoms with Crippen molar-refractivity contribution in [3.8, 4) is 0 Å². The van der Waals surface area contributed by atoms with Crippen LogP contribution in [0.4, 0.5) is 0 Å². The van der Waals surface area contributed by atoms with Gasteiger partial charge in [-0.05, 0) is 0 Å². The number of nitrogens with zero attached hydrogens (tertiary/aromatic N) is 1. The van der Waals surface area contributed by atoms with Crippen molar-refractivity contribution in [3.63, 3.8) is 0 Å². The van der Waals surface area contributed by atoms with Crippen molar-refractivity contribution in [3.05, 3.63) is 0 Å². The maximum Gasteiger partial charge on any atom is 0.252 e. The quantitative estimate of drug-likeness (QED) is 0.710. The van der Waals surface area contributed by atoms with Crippen LogP contribution >= 0.6 is 12.4 Å². The van der Waals surface area contributed by atoms with Crippen molar-refractivity contribution >= 4 is 24.2 Å². The van der Waals surface area contributed by atoms with Gasteiger partial charge >= 0.3 is 0 Å². The van der Waals surface area contributed by atoms with Gasteiger partial charge in [-0.2, -0.15) is 0 Å². The molecule has 1 fully saturated rings. The number of amides is 2. The number of ether oxygens (including phenoxy) is 1. The molecule has 1 aliphatic rings. The van der Waals surface area contributed by atoms with Crippen molar-refractivity contribution in [2.24, 2.45) is 5.92 Å². The molecule has 106 valence electrons. The molecule has 2 amide bonds. The minimum atomic E-state index is -0.425. The molecular formula is C11H22ClN3O3. The average Bonchev–Trinajstić information content (AvgIpc) is 2.37. The number of hydrogen-bond donors (Lipinski definition) is 2. The molecule has 0 bridgehead atoms. The number of halogens is 1. The summed E-state index contributed by atoms with van der Waals surface area (Å²) in [5, 5.41) is 5.67. The summed E-state index contributed by atoms with van der Waals surface area (Å²) in [6, 6.07) is 0. The summed E-state index contributed by atoms with van der Waals surface area (Å²) >= 11 is 0. The topological polar surface area (TPSA) is 70.7 Å². The van der Waals surface area contributed by atoms with Crippen LogP contribution in [0.3, 0.4) is 0 Å². The molecule has 1 saturated heterocycles. The van der Waals surface area contributed by atoms with Gasteiger partial charge in [0.15, 0.2) is 0 Å². The molecule has 0 aliphatic carbocycles. The van der Waals surface area contributed by atoms with Crippen LogP contribution < -0.4 is 10.6 Å². The highest BCUT2D eigenvalue weighted by Crippen LogP contribution is 2.04. The summed E-state index contributed by atoms with van der Waals surface area (Å²) < 4.78 is 5.37. The predicted octanol–water partition coefficient (Wildman–Crippen LogP) is -0.763. The second-order valence-electron chi connectivity index (χ2n) is 4.30. The van der Waals surface area contributed by atoms with E-state index in [4.69, 9.17) is 4.74 Å². The Kier molecular flexibility index (Phi) is 7.90. The third-order valence-corrected chi connectivity index (χ3v) is 2.82. The molecule has 2 N–H and O–H groups in total. The molecule has 0 spiro atoms. The summed E-state index contributed by atoms with van der Waals surface area (Å²) in [6.45, 7) is 4.07. The van der Waals surface area contributed by atoms with E-state index in [0.717, 1.165) is 6.54 Å². The predicted molar refractivity (Wildman–Crippen MR) is 70.7 cm³/mol. The molecule has 2 unspecified atom stereocenters. The van der Waals surface area contributed by atoms with Crippen molar-refractivity contribution in [2.45, 2.75) is 13.0 Å². The van der Waals surface area contributed by atoms with Crippen LogP contribution in [-0.4, -0.2) is 63.2 Å². The second-order valence-corrected chi connectivity index (χ2v) is 4.30. The number of rotatable bonds is 4. The minimum absolute atomic E-state index is 0. The lowest BCUT2D eigenvalue weighted by Crippen LogP contribution is -2.49. The smallest absolute Gasteiger partial charge is 0.252 e. The Bertz CT molecular complexity index is 283. The molecule has 0 aromatic heterocycles. The van der Waals surface area contributed by atoms with Gasteiger partial charge in [0.1, 0.15) is 6.10 Å². The van der Waals surface area contributed by atoms with Crippen molar-refractivity contribution in [1.82, 2.24) is 15.5 Å². The number of hydrogen-bond acceptors (Lipinski definition) is 4. The van der Waals surface area contributed by atoms with Gasteiger partial charge in [-0.1, -0.05) is 6.92 Å². The summed E-state index contributed by atoms with van der Waals surface area (Å²) in [6.07, 6.45) is -0.425. The minimum Gasteiger partial charge on any atom is -0.366 e. The zero-order valence-electron chi connectivity index (χ0n) is 11.1. The molecule has 0 aromatic carbocycles. The van der Waals surface area contributed by atoms with Crippen LogP contribution in [0, 0.1) is 5.92 Å². The first-order valence-electron chi connectivity index (χ1n) is 5.85. The van der Waals surface area contributed by atoms with E-state index in [1.54, 1.807) is 25.9 Å². The standard InChI is InChI=1S/C11H21N3O3.ClH/c1-8(10(15)12-2)7-14(3)11(16)9-6-13-4-5-17-9;/h8-9,13H,4-7H2,1-3H3,(H,12,15);1H. The van der Waals surface area contributed by atoms with Crippen LogP contribution in [-0.2, 0) is 14.3 Å². The summed E-state index contributed by atoms with van der Waals surface area (Å²) in [5.41, 5.74) is 0. The Labute approximate surface area is 114 Å². The lowest BCUT2D eigenvalue weighted by Gasteiger charge is -2.28. The monoisotopic (exact) mass is 279 g/mol. The first-order valence-corrected chi connectivity index (χ1v) is 5.85. The number of likely N-dealkylation sites (N-methyl/N-ethyl adjacent to an activating group) is 1. The van der Waals surface area contributed by atoms with Crippen LogP contribution in [0.5, 0.6) is 0 Å². The molecule has 1 aliphatic heterocycles. The molecule has 18 heavy (non-hydrogen) atoms. The third kappa shape index (κ3) is 4.80. The van der Waals surface area contributed by atoms with E-state index in [-0.39, 0.29) is 30.1 Å². The molecule has 0 saturated carbocycles. The summed E-state index contributed by atoms with van der Waals surface area (Å²) in [5.74, 6) is -0.356. The zero-order valence-corrected chi connectivity index (χ0v) is 11.9. The van der Waals surface area contributed by atoms with Crippen LogP contribution in [0.25, 0.3) is 0 Å². The lowest BCUT2D eigenvalue weighted by atomic mass is 10.1. The fourth-order valence-corrected chi connectivity index (χ4v) is 1.80. The molecule has 2 atom stereocenters. The number of carbonyl (C=O) groups excluding carboxylic acids is 2. The van der Waals surface area contributed by atoms with E-state index < -0.39 is 6.10 Å². The molecule has 0 aromatic rings. The largest absolute Gasteiger partial charge is 0.366 e. The van der Waals surface area contributed by atoms with Crippen LogP contribution in [0.15, 0.2) is 0 Å². The van der Waals surface area contributed by atoms with E-state index in [9.17, 15) is 9.59 Å². The van der Waals surface area contributed by atoms with E-state index in [1.807, 2.05) is 0 Å². The van der Waals surface area contributed by atoms with Gasteiger partial charge in [-0.25, -0.2) is 0 Å². The summed E-state index contributed by atoms with van der Waals surface area (Å²) in [4.78, 5) is 24.9. The maximum atomic E-state index is 12.0. The highest BCUT2D eigenvalue weighted by Gasteiger charge is 2.26. The van der Waals surface area contributed by atoms with Gasteiger partial charge in [-0.15, -0.1) is 12.4 Å². The second kappa shape index (κ2) is 8.29. The van der Waals surface area contributed by atoms with E-state index in [2.05, 4.69) is 10.6 Å². The first kappa shape index (κ1) is 17.2. The van der Waals surface area contributed by atoms with E-state index in [1.165, 1.54) is 0 Å². The van der Waals surface area contributed by atoms with Crippen LogP contribution in [0.2, 0.25) is 0 Å². The number of nitrogens with one attached hydrogen (secondary N) is 2. The molecule has 1 heterocycles. The first-order chi connectivity index (χ1) is 8.06. The lowest BCUT2D eigenvalue weighted by molar-refractivity contribution is -0.144. The van der Waals surface area contributed by atoms with Gasteiger partial charge in [0.25, 0.3) is 5.91 Å². The SMILES string of the molecule is CNC(=O)C(C)CN(C)C(=O)C1CNCCO1.Cl. The Morgan fingerprint density at radius 3 is 2.72 bits per heavy atom. The fourth-order valence-electron chi connectivity index (χ4n) is 1.80. The third-order valence-electron chi connectivity index (χ3n) is 2.82. The van der Waals surface area contributed by atoms with E-state index >= 15 is 0 Å². The Balaban J connectivity index is 0.00000289. The molecule has 0 radical (unpaired) electrons. The normalized spacial score (nSPS) is 20.5. The van der Waals surface area contributed by atoms with Crippen LogP contribution in [0.1, 0.15) is 6.92 Å². The maximum absolute atomic E-state index is 12.0.